The van der Waals surface area contributed by atoms with Crippen LogP contribution >= 0.6 is 0 Å². The van der Waals surface area contributed by atoms with Crippen LogP contribution in [0.4, 0.5) is 11.4 Å². The highest BCUT2D eigenvalue weighted by Gasteiger charge is 2.20. The molecule has 0 aliphatic heterocycles. The summed E-state index contributed by atoms with van der Waals surface area (Å²) in [7, 11) is 0. The van der Waals surface area contributed by atoms with Crippen LogP contribution in [-0.2, 0) is 16.2 Å². The second-order valence-electron chi connectivity index (χ2n) is 8.66. The summed E-state index contributed by atoms with van der Waals surface area (Å²) in [5.74, 6) is -0.994. The number of aryl methyl sites for hydroxylation is 1. The molecule has 3 aromatic rings. The molecule has 0 unspecified atom stereocenters. The van der Waals surface area contributed by atoms with E-state index in [1.165, 1.54) is 5.56 Å². The van der Waals surface area contributed by atoms with Crippen LogP contribution in [0, 0.1) is 0 Å². The summed E-state index contributed by atoms with van der Waals surface area (Å²) in [5, 5.41) is 6.18. The zero-order valence-corrected chi connectivity index (χ0v) is 19.3. The molecule has 0 aliphatic rings. The highest BCUT2D eigenvalue weighted by Crippen LogP contribution is 2.24. The van der Waals surface area contributed by atoms with Gasteiger partial charge in [0, 0.05) is 17.8 Å². The quantitative estimate of drug-likeness (QED) is 0.244. The fourth-order valence-corrected chi connectivity index (χ4v) is 3.10. The first kappa shape index (κ1) is 24.0. The lowest BCUT2D eigenvalue weighted by Gasteiger charge is -2.18. The Balaban J connectivity index is 1.71. The summed E-state index contributed by atoms with van der Waals surface area (Å²) in [6.07, 6.45) is 1.90. The lowest BCUT2D eigenvalue weighted by Crippen LogP contribution is -2.23. The number of benzene rings is 3. The molecule has 0 spiro atoms. The first-order valence-electron chi connectivity index (χ1n) is 11.0. The van der Waals surface area contributed by atoms with Crippen molar-refractivity contribution in [3.05, 3.63) is 95.6 Å². The molecule has 0 aromatic heterocycles. The molecule has 1 amide bonds. The summed E-state index contributed by atoms with van der Waals surface area (Å²) in [6.45, 7) is 6.08. The van der Waals surface area contributed by atoms with Crippen LogP contribution in [-0.4, -0.2) is 24.0 Å². The summed E-state index contributed by atoms with van der Waals surface area (Å²) >= 11 is 0. The topological polar surface area (TPSA) is 76.7 Å². The maximum atomic E-state index is 12.7. The van der Waals surface area contributed by atoms with Gasteiger partial charge in [0.1, 0.15) is 5.60 Å². The van der Waals surface area contributed by atoms with E-state index in [4.69, 9.17) is 9.78 Å². The summed E-state index contributed by atoms with van der Waals surface area (Å²) in [4.78, 5) is 35.5. The van der Waals surface area contributed by atoms with E-state index in [1.807, 2.05) is 24.3 Å². The van der Waals surface area contributed by atoms with E-state index in [-0.39, 0.29) is 11.5 Å². The van der Waals surface area contributed by atoms with Gasteiger partial charge in [0.2, 0.25) is 0 Å². The molecule has 6 nitrogen and oxygen atoms in total. The second kappa shape index (κ2) is 11.3. The van der Waals surface area contributed by atoms with Gasteiger partial charge in [0.05, 0.1) is 11.3 Å². The van der Waals surface area contributed by atoms with Crippen molar-refractivity contribution in [2.24, 2.45) is 0 Å². The fourth-order valence-electron chi connectivity index (χ4n) is 3.10. The SMILES string of the molecule is CC(C)(C)OOC(=O)c1ccc(NCCCc2ccccc2)cc1NC(=O)c1ccccc1. The Hall–Kier alpha value is -3.64. The first-order valence-corrected chi connectivity index (χ1v) is 11.0. The van der Waals surface area contributed by atoms with E-state index in [9.17, 15) is 9.59 Å². The molecule has 3 rings (SSSR count). The van der Waals surface area contributed by atoms with E-state index < -0.39 is 11.6 Å². The zero-order valence-electron chi connectivity index (χ0n) is 19.3. The van der Waals surface area contributed by atoms with E-state index in [1.54, 1.807) is 63.2 Å². The van der Waals surface area contributed by atoms with Crippen molar-refractivity contribution >= 4 is 23.3 Å². The molecule has 3 aromatic carbocycles. The Morgan fingerprint density at radius 2 is 1.55 bits per heavy atom. The van der Waals surface area contributed by atoms with Crippen molar-refractivity contribution in [3.63, 3.8) is 0 Å². The fraction of sp³-hybridized carbons (Fsp3) is 0.259. The zero-order chi connectivity index (χ0) is 23.7. The first-order chi connectivity index (χ1) is 15.8. The molecule has 172 valence electrons. The number of hydrogen-bond acceptors (Lipinski definition) is 5. The average Bonchev–Trinajstić information content (AvgIpc) is 2.81. The standard InChI is InChI=1S/C27H30N2O4/c1-27(2,3)33-32-26(31)23-17-16-22(28-18-10-13-20-11-6-4-7-12-20)19-24(23)29-25(30)21-14-8-5-9-15-21/h4-9,11-12,14-17,19,28H,10,13,18H2,1-3H3,(H,29,30). The number of amides is 1. The highest BCUT2D eigenvalue weighted by molar-refractivity contribution is 6.08. The van der Waals surface area contributed by atoms with Crippen molar-refractivity contribution in [2.45, 2.75) is 39.2 Å². The predicted molar refractivity (Wildman–Crippen MR) is 130 cm³/mol. The van der Waals surface area contributed by atoms with Crippen molar-refractivity contribution in [3.8, 4) is 0 Å². The lowest BCUT2D eigenvalue weighted by molar-refractivity contribution is -0.301. The summed E-state index contributed by atoms with van der Waals surface area (Å²) in [5.41, 5.74) is 2.47. The Morgan fingerprint density at radius 1 is 0.879 bits per heavy atom. The summed E-state index contributed by atoms with van der Waals surface area (Å²) < 4.78 is 0. The smallest absolute Gasteiger partial charge is 0.375 e. The van der Waals surface area contributed by atoms with Gasteiger partial charge in [-0.05, 0) is 69.5 Å². The number of carbonyl (C=O) groups excluding carboxylic acids is 2. The van der Waals surface area contributed by atoms with Gasteiger partial charge in [-0.3, -0.25) is 9.68 Å². The van der Waals surface area contributed by atoms with E-state index in [0.717, 1.165) is 25.1 Å². The third-order valence-corrected chi connectivity index (χ3v) is 4.71. The molecule has 0 atom stereocenters. The molecule has 0 fully saturated rings. The maximum absolute atomic E-state index is 12.7. The van der Waals surface area contributed by atoms with E-state index in [2.05, 4.69) is 22.8 Å². The van der Waals surface area contributed by atoms with Gasteiger partial charge in [0.25, 0.3) is 5.91 Å². The van der Waals surface area contributed by atoms with Crippen molar-refractivity contribution in [1.29, 1.82) is 0 Å². The molecule has 2 N–H and O–H groups in total. The minimum absolute atomic E-state index is 0.207. The molecule has 33 heavy (non-hydrogen) atoms. The van der Waals surface area contributed by atoms with Crippen molar-refractivity contribution in [2.75, 3.05) is 17.2 Å². The number of rotatable bonds is 9. The van der Waals surface area contributed by atoms with Gasteiger partial charge in [0.15, 0.2) is 0 Å². The molecular weight excluding hydrogens is 416 g/mol. The van der Waals surface area contributed by atoms with Crippen molar-refractivity contribution < 1.29 is 19.4 Å². The average molecular weight is 447 g/mol. The molecule has 0 radical (unpaired) electrons. The maximum Gasteiger partial charge on any atom is 0.375 e. The third kappa shape index (κ3) is 7.77. The molecule has 0 saturated carbocycles. The van der Waals surface area contributed by atoms with Crippen LogP contribution in [0.2, 0.25) is 0 Å². The minimum Gasteiger partial charge on any atom is -0.385 e. The summed E-state index contributed by atoms with van der Waals surface area (Å²) in [6, 6.07) is 24.3. The van der Waals surface area contributed by atoms with Crippen LogP contribution in [0.25, 0.3) is 0 Å². The molecule has 0 saturated heterocycles. The normalized spacial score (nSPS) is 11.0. The lowest BCUT2D eigenvalue weighted by atomic mass is 10.1. The molecule has 0 aliphatic carbocycles. The minimum atomic E-state index is -0.677. The van der Waals surface area contributed by atoms with Crippen LogP contribution in [0.5, 0.6) is 0 Å². The Kier molecular flexibility index (Phi) is 8.22. The van der Waals surface area contributed by atoms with Gasteiger partial charge in [-0.15, -0.1) is 0 Å². The predicted octanol–water partition coefficient (Wildman–Crippen LogP) is 5.87. The highest BCUT2D eigenvalue weighted by atomic mass is 17.2. The van der Waals surface area contributed by atoms with Gasteiger partial charge >= 0.3 is 5.97 Å². The largest absolute Gasteiger partial charge is 0.385 e. The Bertz CT molecular complexity index is 1060. The number of nitrogens with one attached hydrogen (secondary N) is 2. The third-order valence-electron chi connectivity index (χ3n) is 4.71. The molecular formula is C27H30N2O4. The molecule has 0 bridgehead atoms. The van der Waals surface area contributed by atoms with Crippen LogP contribution < -0.4 is 10.6 Å². The second-order valence-corrected chi connectivity index (χ2v) is 8.66. The van der Waals surface area contributed by atoms with E-state index >= 15 is 0 Å². The van der Waals surface area contributed by atoms with Gasteiger partial charge in [-0.2, -0.15) is 4.89 Å². The molecule has 0 heterocycles. The van der Waals surface area contributed by atoms with Crippen LogP contribution in [0.3, 0.4) is 0 Å². The van der Waals surface area contributed by atoms with Crippen LogP contribution in [0.15, 0.2) is 78.9 Å². The monoisotopic (exact) mass is 446 g/mol. The molecule has 6 heteroatoms. The number of anilines is 2. The van der Waals surface area contributed by atoms with Gasteiger partial charge in [-0.1, -0.05) is 48.5 Å². The Morgan fingerprint density at radius 3 is 2.21 bits per heavy atom. The number of hydrogen-bond donors (Lipinski definition) is 2. The van der Waals surface area contributed by atoms with Gasteiger partial charge < -0.3 is 10.6 Å². The number of carbonyl (C=O) groups is 2. The van der Waals surface area contributed by atoms with Crippen LogP contribution in [0.1, 0.15) is 53.5 Å². The van der Waals surface area contributed by atoms with E-state index in [0.29, 0.717) is 11.3 Å². The van der Waals surface area contributed by atoms with Crippen molar-refractivity contribution in [1.82, 2.24) is 0 Å². The Labute approximate surface area is 194 Å². The van der Waals surface area contributed by atoms with Gasteiger partial charge in [-0.25, -0.2) is 4.79 Å².